The Kier molecular flexibility index (Phi) is 5.32. The van der Waals surface area contributed by atoms with Crippen LogP contribution >= 0.6 is 11.6 Å². The van der Waals surface area contributed by atoms with Gasteiger partial charge in [-0.25, -0.2) is 4.39 Å². The Hall–Kier alpha value is -1.13. The lowest BCUT2D eigenvalue weighted by molar-refractivity contribution is 0.00588. The molecule has 1 rings (SSSR count). The Morgan fingerprint density at radius 2 is 2.21 bits per heavy atom. The highest BCUT2D eigenvalue weighted by Crippen LogP contribution is 2.19. The molecule has 0 spiro atoms. The van der Waals surface area contributed by atoms with Crippen LogP contribution in [-0.2, 0) is 0 Å². The lowest BCUT2D eigenvalue weighted by atomic mass is 9.88. The van der Waals surface area contributed by atoms with Crippen LogP contribution in [0.3, 0.4) is 0 Å². The van der Waals surface area contributed by atoms with E-state index in [1.165, 1.54) is 12.1 Å². The summed E-state index contributed by atoms with van der Waals surface area (Å²) >= 11 is 5.62. The minimum Gasteiger partial charge on any atom is -0.388 e. The zero-order valence-electron chi connectivity index (χ0n) is 11.3. The van der Waals surface area contributed by atoms with Crippen LogP contribution in [0.1, 0.15) is 37.6 Å². The summed E-state index contributed by atoms with van der Waals surface area (Å²) in [5.74, 6) is -1.20. The number of nitrogens with one attached hydrogen (secondary N) is 1. The molecule has 1 aromatic carbocycles. The minimum absolute atomic E-state index is 0.0304. The molecule has 3 nitrogen and oxygen atoms in total. The number of carbonyl (C=O) groups excluding carboxylic acids is 1. The van der Waals surface area contributed by atoms with Gasteiger partial charge in [0.25, 0.3) is 5.91 Å². The average molecular weight is 288 g/mol. The average Bonchev–Trinajstić information content (AvgIpc) is 2.35. The molecule has 1 amide bonds. The topological polar surface area (TPSA) is 49.3 Å². The van der Waals surface area contributed by atoms with Crippen LogP contribution in [0.2, 0.25) is 5.02 Å². The van der Waals surface area contributed by atoms with Crippen LogP contribution in [0, 0.1) is 11.7 Å². The van der Waals surface area contributed by atoms with E-state index in [0.717, 1.165) is 12.5 Å². The molecule has 0 bridgehead atoms. The van der Waals surface area contributed by atoms with Gasteiger partial charge >= 0.3 is 0 Å². The largest absolute Gasteiger partial charge is 0.388 e. The van der Waals surface area contributed by atoms with E-state index in [9.17, 15) is 14.3 Å². The monoisotopic (exact) mass is 287 g/mol. The molecule has 106 valence electrons. The third-order valence-corrected chi connectivity index (χ3v) is 3.69. The first-order valence-corrected chi connectivity index (χ1v) is 6.61. The van der Waals surface area contributed by atoms with E-state index < -0.39 is 17.3 Å². The Morgan fingerprint density at radius 3 is 2.74 bits per heavy atom. The van der Waals surface area contributed by atoms with Crippen LogP contribution in [-0.4, -0.2) is 23.2 Å². The van der Waals surface area contributed by atoms with Gasteiger partial charge in [0, 0.05) is 11.6 Å². The number of amides is 1. The van der Waals surface area contributed by atoms with E-state index in [0.29, 0.717) is 0 Å². The molecular weight excluding hydrogens is 269 g/mol. The summed E-state index contributed by atoms with van der Waals surface area (Å²) in [7, 11) is 0. The van der Waals surface area contributed by atoms with Crippen molar-refractivity contribution < 1.29 is 14.3 Å². The first-order valence-electron chi connectivity index (χ1n) is 6.23. The minimum atomic E-state index is -1.02. The van der Waals surface area contributed by atoms with Gasteiger partial charge in [-0.3, -0.25) is 4.79 Å². The summed E-state index contributed by atoms with van der Waals surface area (Å²) in [5.41, 5.74) is -1.10. The Bertz CT molecular complexity index is 463. The van der Waals surface area contributed by atoms with Gasteiger partial charge in [-0.15, -0.1) is 0 Å². The maximum atomic E-state index is 13.5. The third kappa shape index (κ3) is 4.18. The number of aliphatic hydroxyl groups is 1. The second kappa shape index (κ2) is 6.35. The van der Waals surface area contributed by atoms with Crippen molar-refractivity contribution >= 4 is 17.5 Å². The van der Waals surface area contributed by atoms with Gasteiger partial charge in [-0.2, -0.15) is 0 Å². The van der Waals surface area contributed by atoms with Crippen LogP contribution < -0.4 is 5.32 Å². The second-order valence-electron chi connectivity index (χ2n) is 4.97. The highest BCUT2D eigenvalue weighted by molar-refractivity contribution is 6.30. The molecular formula is C14H19ClFNO2. The van der Waals surface area contributed by atoms with Crippen LogP contribution in [0.25, 0.3) is 0 Å². The number of hydrogen-bond acceptors (Lipinski definition) is 2. The van der Waals surface area contributed by atoms with Gasteiger partial charge in [-0.05, 0) is 31.0 Å². The van der Waals surface area contributed by atoms with E-state index in [1.54, 1.807) is 6.92 Å². The van der Waals surface area contributed by atoms with Crippen molar-refractivity contribution in [3.63, 3.8) is 0 Å². The molecule has 0 aliphatic heterocycles. The molecule has 0 aromatic heterocycles. The molecule has 2 atom stereocenters. The van der Waals surface area contributed by atoms with Gasteiger partial charge in [0.15, 0.2) is 0 Å². The summed E-state index contributed by atoms with van der Waals surface area (Å²) in [6.45, 7) is 5.58. The summed E-state index contributed by atoms with van der Waals surface area (Å²) < 4.78 is 13.5. The zero-order chi connectivity index (χ0) is 14.6. The summed E-state index contributed by atoms with van der Waals surface area (Å²) in [6, 6.07) is 3.86. The SMILES string of the molecule is CCC(C)C(C)(O)CNC(=O)c1ccc(Cl)cc1F. The third-order valence-electron chi connectivity index (χ3n) is 3.46. The summed E-state index contributed by atoms with van der Waals surface area (Å²) in [5, 5.41) is 12.9. The van der Waals surface area contributed by atoms with Crippen molar-refractivity contribution in [3.8, 4) is 0 Å². The molecule has 2 unspecified atom stereocenters. The van der Waals surface area contributed by atoms with Crippen molar-refractivity contribution in [1.29, 1.82) is 0 Å². The van der Waals surface area contributed by atoms with Gasteiger partial charge in [0.1, 0.15) is 5.82 Å². The lowest BCUT2D eigenvalue weighted by Crippen LogP contribution is -2.45. The van der Waals surface area contributed by atoms with Crippen LogP contribution in [0.5, 0.6) is 0 Å². The zero-order valence-corrected chi connectivity index (χ0v) is 12.1. The summed E-state index contributed by atoms with van der Waals surface area (Å²) in [6.07, 6.45) is 0.790. The number of hydrogen-bond donors (Lipinski definition) is 2. The van der Waals surface area contributed by atoms with Gasteiger partial charge in [0.05, 0.1) is 11.2 Å². The molecule has 19 heavy (non-hydrogen) atoms. The molecule has 0 fully saturated rings. The highest BCUT2D eigenvalue weighted by atomic mass is 35.5. The van der Waals surface area contributed by atoms with Crippen molar-refractivity contribution in [2.45, 2.75) is 32.8 Å². The number of carbonyl (C=O) groups is 1. The lowest BCUT2D eigenvalue weighted by Gasteiger charge is -2.29. The van der Waals surface area contributed by atoms with E-state index in [2.05, 4.69) is 5.32 Å². The predicted molar refractivity (Wildman–Crippen MR) is 73.8 cm³/mol. The standard InChI is InChI=1S/C14H19ClFNO2/c1-4-9(2)14(3,19)8-17-13(18)11-6-5-10(15)7-12(11)16/h5-7,9,19H,4,8H2,1-3H3,(H,17,18). The predicted octanol–water partition coefficient (Wildman–Crippen LogP) is 3.01. The van der Waals surface area contributed by atoms with Crippen LogP contribution in [0.15, 0.2) is 18.2 Å². The van der Waals surface area contributed by atoms with E-state index in [-0.39, 0.29) is 23.0 Å². The normalized spacial score (nSPS) is 15.7. The first kappa shape index (κ1) is 15.9. The van der Waals surface area contributed by atoms with Gasteiger partial charge in [-0.1, -0.05) is 31.9 Å². The molecule has 0 aliphatic carbocycles. The quantitative estimate of drug-likeness (QED) is 0.875. The van der Waals surface area contributed by atoms with E-state index >= 15 is 0 Å². The fraction of sp³-hybridized carbons (Fsp3) is 0.500. The van der Waals surface area contributed by atoms with E-state index in [4.69, 9.17) is 11.6 Å². The van der Waals surface area contributed by atoms with Crippen molar-refractivity contribution in [1.82, 2.24) is 5.32 Å². The number of rotatable bonds is 5. The molecule has 0 heterocycles. The Balaban J connectivity index is 2.70. The number of halogens is 2. The smallest absolute Gasteiger partial charge is 0.254 e. The van der Waals surface area contributed by atoms with Crippen molar-refractivity contribution in [2.24, 2.45) is 5.92 Å². The molecule has 0 radical (unpaired) electrons. The van der Waals surface area contributed by atoms with Crippen LogP contribution in [0.4, 0.5) is 4.39 Å². The Morgan fingerprint density at radius 1 is 1.58 bits per heavy atom. The summed E-state index contributed by atoms with van der Waals surface area (Å²) in [4.78, 5) is 11.8. The van der Waals surface area contributed by atoms with Crippen molar-refractivity contribution in [3.05, 3.63) is 34.6 Å². The maximum Gasteiger partial charge on any atom is 0.254 e. The number of benzene rings is 1. The molecule has 0 saturated carbocycles. The van der Waals surface area contributed by atoms with Gasteiger partial charge < -0.3 is 10.4 Å². The van der Waals surface area contributed by atoms with Gasteiger partial charge in [0.2, 0.25) is 0 Å². The first-order chi connectivity index (χ1) is 8.77. The molecule has 5 heteroatoms. The highest BCUT2D eigenvalue weighted by Gasteiger charge is 2.27. The Labute approximate surface area is 117 Å². The molecule has 0 aliphatic rings. The van der Waals surface area contributed by atoms with E-state index in [1.807, 2.05) is 13.8 Å². The molecule has 2 N–H and O–H groups in total. The second-order valence-corrected chi connectivity index (χ2v) is 5.41. The van der Waals surface area contributed by atoms with Crippen molar-refractivity contribution in [2.75, 3.05) is 6.54 Å². The molecule has 1 aromatic rings. The molecule has 0 saturated heterocycles. The maximum absolute atomic E-state index is 13.5. The fourth-order valence-corrected chi connectivity index (χ4v) is 1.80. The fourth-order valence-electron chi connectivity index (χ4n) is 1.64.